The summed E-state index contributed by atoms with van der Waals surface area (Å²) in [6.07, 6.45) is 1.43. The molecule has 2 heterocycles. The van der Waals surface area contributed by atoms with Gasteiger partial charge in [0.25, 0.3) is 0 Å². The van der Waals surface area contributed by atoms with Gasteiger partial charge in [-0.05, 0) is 32.4 Å². The lowest BCUT2D eigenvalue weighted by atomic mass is 10.2. The van der Waals surface area contributed by atoms with Gasteiger partial charge < -0.3 is 14.2 Å². The summed E-state index contributed by atoms with van der Waals surface area (Å²) in [5, 5.41) is 3.90. The average molecular weight is 360 g/mol. The third-order valence-corrected chi connectivity index (χ3v) is 5.01. The van der Waals surface area contributed by atoms with E-state index in [-0.39, 0.29) is 17.6 Å². The number of esters is 1. The number of ether oxygens (including phenoxy) is 1. The van der Waals surface area contributed by atoms with E-state index in [1.165, 1.54) is 11.8 Å². The minimum atomic E-state index is -0.318. The Labute approximate surface area is 150 Å². The Morgan fingerprint density at radius 2 is 2.24 bits per heavy atom. The maximum absolute atomic E-state index is 12.0. The molecule has 0 aliphatic carbocycles. The second kappa shape index (κ2) is 7.74. The molecule has 25 heavy (non-hydrogen) atoms. The zero-order valence-electron chi connectivity index (χ0n) is 14.3. The van der Waals surface area contributed by atoms with Crippen LogP contribution in [-0.2, 0) is 15.3 Å². The maximum atomic E-state index is 12.0. The Morgan fingerprint density at radius 3 is 2.92 bits per heavy atom. The van der Waals surface area contributed by atoms with Crippen molar-refractivity contribution < 1.29 is 18.8 Å². The molecule has 1 aliphatic rings. The van der Waals surface area contributed by atoms with Crippen molar-refractivity contribution >= 4 is 29.3 Å². The first-order valence-corrected chi connectivity index (χ1v) is 9.30. The first-order valence-electron chi connectivity index (χ1n) is 8.15. The number of carbonyl (C=O) groups is 2. The van der Waals surface area contributed by atoms with Crippen LogP contribution in [0.2, 0.25) is 0 Å². The predicted molar refractivity (Wildman–Crippen MR) is 95.8 cm³/mol. The number of thioether (sulfide) groups is 1. The second-order valence-corrected chi connectivity index (χ2v) is 6.90. The molecule has 0 saturated carbocycles. The summed E-state index contributed by atoms with van der Waals surface area (Å²) in [7, 11) is 0. The van der Waals surface area contributed by atoms with Crippen LogP contribution in [0.3, 0.4) is 0 Å². The third kappa shape index (κ3) is 4.22. The Hall–Kier alpha value is -2.28. The van der Waals surface area contributed by atoms with Crippen LogP contribution in [-0.4, -0.2) is 29.3 Å². The first kappa shape index (κ1) is 17.5. The zero-order valence-corrected chi connectivity index (χ0v) is 15.1. The fraction of sp³-hybridized carbons (Fsp3) is 0.389. The standard InChI is InChI=1S/C18H20N2O4S/c1-12-16(13(2)24-19-12)10-25-11-18(22)23-15-6-3-5-14(9-15)20-8-4-7-17(20)21/h3,5-6,9H,4,7-8,10-11H2,1-2H3. The number of aromatic nitrogens is 1. The summed E-state index contributed by atoms with van der Waals surface area (Å²) in [4.78, 5) is 25.6. The molecule has 1 aromatic heterocycles. The number of hydrogen-bond donors (Lipinski definition) is 0. The van der Waals surface area contributed by atoms with Crippen LogP contribution >= 0.6 is 11.8 Å². The Bertz CT molecular complexity index is 768. The number of hydrogen-bond acceptors (Lipinski definition) is 6. The Morgan fingerprint density at radius 1 is 1.40 bits per heavy atom. The predicted octanol–water partition coefficient (Wildman–Crippen LogP) is 3.26. The quantitative estimate of drug-likeness (QED) is 0.582. The van der Waals surface area contributed by atoms with Crippen molar-refractivity contribution in [2.24, 2.45) is 0 Å². The Balaban J connectivity index is 1.53. The van der Waals surface area contributed by atoms with Crippen LogP contribution in [0.15, 0.2) is 28.8 Å². The molecular weight excluding hydrogens is 340 g/mol. The highest BCUT2D eigenvalue weighted by Crippen LogP contribution is 2.26. The van der Waals surface area contributed by atoms with Crippen LogP contribution in [0, 0.1) is 13.8 Å². The van der Waals surface area contributed by atoms with Crippen molar-refractivity contribution in [2.75, 3.05) is 17.2 Å². The first-order chi connectivity index (χ1) is 12.0. The van der Waals surface area contributed by atoms with E-state index < -0.39 is 0 Å². The molecule has 1 saturated heterocycles. The van der Waals surface area contributed by atoms with Crippen LogP contribution in [0.5, 0.6) is 5.75 Å². The van der Waals surface area contributed by atoms with Gasteiger partial charge in [-0.25, -0.2) is 0 Å². The van der Waals surface area contributed by atoms with Crippen molar-refractivity contribution in [3.05, 3.63) is 41.3 Å². The highest BCUT2D eigenvalue weighted by Gasteiger charge is 2.22. The molecule has 1 aromatic carbocycles. The van der Waals surface area contributed by atoms with Crippen molar-refractivity contribution in [3.8, 4) is 5.75 Å². The summed E-state index contributed by atoms with van der Waals surface area (Å²) in [6.45, 7) is 4.46. The molecule has 7 heteroatoms. The zero-order chi connectivity index (χ0) is 17.8. The molecule has 1 fully saturated rings. The number of carbonyl (C=O) groups excluding carboxylic acids is 2. The molecule has 3 rings (SSSR count). The molecule has 0 N–H and O–H groups in total. The molecule has 0 unspecified atom stereocenters. The van der Waals surface area contributed by atoms with E-state index in [4.69, 9.17) is 9.26 Å². The topological polar surface area (TPSA) is 72.6 Å². The lowest BCUT2D eigenvalue weighted by molar-refractivity contribution is -0.131. The smallest absolute Gasteiger partial charge is 0.321 e. The summed E-state index contributed by atoms with van der Waals surface area (Å²) in [5.41, 5.74) is 2.64. The number of nitrogens with zero attached hydrogens (tertiary/aromatic N) is 2. The lowest BCUT2D eigenvalue weighted by Crippen LogP contribution is -2.23. The molecule has 6 nitrogen and oxygen atoms in total. The number of benzene rings is 1. The van der Waals surface area contributed by atoms with Crippen LogP contribution in [0.4, 0.5) is 5.69 Å². The molecule has 1 amide bonds. The van der Waals surface area contributed by atoms with Crippen LogP contribution in [0.25, 0.3) is 0 Å². The van der Waals surface area contributed by atoms with Gasteiger partial charge in [0.2, 0.25) is 5.91 Å². The van der Waals surface area contributed by atoms with E-state index in [0.717, 1.165) is 29.1 Å². The third-order valence-electron chi connectivity index (χ3n) is 4.08. The van der Waals surface area contributed by atoms with Gasteiger partial charge in [0.1, 0.15) is 11.5 Å². The van der Waals surface area contributed by atoms with E-state index in [1.807, 2.05) is 19.9 Å². The molecule has 132 valence electrons. The van der Waals surface area contributed by atoms with Gasteiger partial charge in [0.15, 0.2) is 0 Å². The van der Waals surface area contributed by atoms with Crippen LogP contribution < -0.4 is 9.64 Å². The molecule has 0 bridgehead atoms. The van der Waals surface area contributed by atoms with Crippen molar-refractivity contribution in [1.29, 1.82) is 0 Å². The van der Waals surface area contributed by atoms with Gasteiger partial charge >= 0.3 is 5.97 Å². The van der Waals surface area contributed by atoms with Crippen molar-refractivity contribution in [1.82, 2.24) is 5.16 Å². The van der Waals surface area contributed by atoms with Gasteiger partial charge in [-0.2, -0.15) is 0 Å². The van der Waals surface area contributed by atoms with Gasteiger partial charge in [-0.1, -0.05) is 11.2 Å². The van der Waals surface area contributed by atoms with E-state index >= 15 is 0 Å². The summed E-state index contributed by atoms with van der Waals surface area (Å²) in [5.74, 6) is 1.91. The summed E-state index contributed by atoms with van der Waals surface area (Å²) >= 11 is 1.46. The van der Waals surface area contributed by atoms with Gasteiger partial charge in [0, 0.05) is 36.0 Å². The number of amides is 1. The number of aryl methyl sites for hydroxylation is 2. The minimum Gasteiger partial charge on any atom is -0.426 e. The van der Waals surface area contributed by atoms with E-state index in [2.05, 4.69) is 5.16 Å². The SMILES string of the molecule is Cc1noc(C)c1CSCC(=O)Oc1cccc(N2CCCC2=O)c1. The van der Waals surface area contributed by atoms with Gasteiger partial charge in [-0.3, -0.25) is 9.59 Å². The average Bonchev–Trinajstić information content (AvgIpc) is 3.15. The molecule has 1 aliphatic heterocycles. The fourth-order valence-corrected chi connectivity index (χ4v) is 3.69. The van der Waals surface area contributed by atoms with Gasteiger partial charge in [0.05, 0.1) is 11.4 Å². The largest absolute Gasteiger partial charge is 0.426 e. The normalized spacial score (nSPS) is 14.2. The van der Waals surface area contributed by atoms with Crippen LogP contribution in [0.1, 0.15) is 29.9 Å². The number of anilines is 1. The van der Waals surface area contributed by atoms with E-state index in [0.29, 0.717) is 24.5 Å². The number of rotatable bonds is 6. The van der Waals surface area contributed by atoms with E-state index in [1.54, 1.807) is 23.1 Å². The molecule has 0 atom stereocenters. The molecular formula is C18H20N2O4S. The van der Waals surface area contributed by atoms with Gasteiger partial charge in [-0.15, -0.1) is 11.8 Å². The fourth-order valence-electron chi connectivity index (χ4n) is 2.74. The summed E-state index contributed by atoms with van der Waals surface area (Å²) in [6, 6.07) is 7.11. The Kier molecular flexibility index (Phi) is 5.43. The van der Waals surface area contributed by atoms with Crippen molar-refractivity contribution in [3.63, 3.8) is 0 Å². The second-order valence-electron chi connectivity index (χ2n) is 5.92. The van der Waals surface area contributed by atoms with Crippen molar-refractivity contribution in [2.45, 2.75) is 32.4 Å². The molecule has 2 aromatic rings. The highest BCUT2D eigenvalue weighted by atomic mass is 32.2. The lowest BCUT2D eigenvalue weighted by Gasteiger charge is -2.16. The monoisotopic (exact) mass is 360 g/mol. The highest BCUT2D eigenvalue weighted by molar-refractivity contribution is 7.99. The van der Waals surface area contributed by atoms with E-state index in [9.17, 15) is 9.59 Å². The minimum absolute atomic E-state index is 0.110. The summed E-state index contributed by atoms with van der Waals surface area (Å²) < 4.78 is 10.5. The molecule has 0 radical (unpaired) electrons. The molecule has 0 spiro atoms. The maximum Gasteiger partial charge on any atom is 0.321 e.